The number of hydrogen-bond acceptors (Lipinski definition) is 4. The van der Waals surface area contributed by atoms with E-state index in [-0.39, 0.29) is 24.2 Å². The molecule has 0 radical (unpaired) electrons. The number of hydrogen-bond donors (Lipinski definition) is 1. The predicted molar refractivity (Wildman–Crippen MR) is 145 cm³/mol. The van der Waals surface area contributed by atoms with Crippen LogP contribution in [-0.2, 0) is 13.1 Å². The Labute approximate surface area is 217 Å². The van der Waals surface area contributed by atoms with Crippen molar-refractivity contribution in [3.63, 3.8) is 0 Å². The number of nitrogens with zero attached hydrogens (tertiary/aromatic N) is 3. The van der Waals surface area contributed by atoms with Crippen molar-refractivity contribution >= 4 is 46.7 Å². The third-order valence-corrected chi connectivity index (χ3v) is 6.22. The first-order valence-electron chi connectivity index (χ1n) is 11.6. The highest BCUT2D eigenvalue weighted by Gasteiger charge is 2.15. The molecule has 2 heterocycles. The van der Waals surface area contributed by atoms with Gasteiger partial charge in [-0.2, -0.15) is 5.10 Å². The highest BCUT2D eigenvalue weighted by Crippen LogP contribution is 2.31. The van der Waals surface area contributed by atoms with Gasteiger partial charge in [-0.05, 0) is 56.4 Å². The molecule has 0 atom stereocenters. The van der Waals surface area contributed by atoms with Crippen molar-refractivity contribution in [3.8, 4) is 0 Å². The molecular weight excluding hydrogens is 483 g/mol. The van der Waals surface area contributed by atoms with E-state index in [2.05, 4.69) is 43.1 Å². The quantitative estimate of drug-likeness (QED) is 0.278. The molecule has 8 heteroatoms. The van der Waals surface area contributed by atoms with Gasteiger partial charge in [0.15, 0.2) is 5.82 Å². The van der Waals surface area contributed by atoms with E-state index in [1.54, 1.807) is 0 Å². The Morgan fingerprint density at radius 1 is 1.17 bits per heavy atom. The fourth-order valence-corrected chi connectivity index (χ4v) is 4.12. The molecule has 4 aromatic rings. The van der Waals surface area contributed by atoms with Gasteiger partial charge in [0, 0.05) is 45.8 Å². The number of fused-ring (bicyclic) bond motifs is 1. The monoisotopic (exact) mass is 514 g/mol. The van der Waals surface area contributed by atoms with Gasteiger partial charge in [0.05, 0.1) is 6.54 Å². The second-order valence-corrected chi connectivity index (χ2v) is 9.53. The Bertz CT molecular complexity index is 1310. The summed E-state index contributed by atoms with van der Waals surface area (Å²) in [5.74, 6) is 1.54. The van der Waals surface area contributed by atoms with E-state index >= 15 is 0 Å². The van der Waals surface area contributed by atoms with E-state index in [1.807, 2.05) is 60.1 Å². The maximum absolute atomic E-state index is 12.8. The summed E-state index contributed by atoms with van der Waals surface area (Å²) in [6, 6.07) is 15.4. The van der Waals surface area contributed by atoms with E-state index in [0.29, 0.717) is 22.9 Å². The summed E-state index contributed by atoms with van der Waals surface area (Å²) in [6.07, 6.45) is 0. The molecule has 0 aliphatic rings. The van der Waals surface area contributed by atoms with E-state index < -0.39 is 0 Å². The van der Waals surface area contributed by atoms with Gasteiger partial charge >= 0.3 is 0 Å². The molecule has 1 amide bonds. The Kier molecular flexibility index (Phi) is 8.65. The van der Waals surface area contributed by atoms with Crippen LogP contribution in [0.25, 0.3) is 11.0 Å². The van der Waals surface area contributed by atoms with E-state index in [0.717, 1.165) is 41.1 Å². The van der Waals surface area contributed by atoms with Gasteiger partial charge < -0.3 is 14.6 Å². The number of aryl methyl sites for hydroxylation is 1. The lowest BCUT2D eigenvalue weighted by molar-refractivity contribution is 0.102. The summed E-state index contributed by atoms with van der Waals surface area (Å²) in [5, 5.41) is 9.17. The number of aromatic nitrogens is 2. The van der Waals surface area contributed by atoms with Gasteiger partial charge in [-0.15, -0.1) is 12.4 Å². The molecule has 2 aromatic carbocycles. The molecule has 2 aromatic heterocycles. The first-order valence-corrected chi connectivity index (χ1v) is 12.0. The van der Waals surface area contributed by atoms with Crippen LogP contribution in [0.4, 0.5) is 5.82 Å². The zero-order valence-electron chi connectivity index (χ0n) is 20.8. The van der Waals surface area contributed by atoms with E-state index in [4.69, 9.17) is 16.0 Å². The number of anilines is 1. The van der Waals surface area contributed by atoms with Crippen LogP contribution in [0.3, 0.4) is 0 Å². The number of nitrogens with one attached hydrogen (secondary N) is 1. The molecule has 0 aliphatic carbocycles. The summed E-state index contributed by atoms with van der Waals surface area (Å²) < 4.78 is 7.97. The van der Waals surface area contributed by atoms with Crippen LogP contribution < -0.4 is 5.32 Å². The Morgan fingerprint density at radius 2 is 1.89 bits per heavy atom. The average Bonchev–Trinajstić information content (AvgIpc) is 3.37. The summed E-state index contributed by atoms with van der Waals surface area (Å²) in [7, 11) is 2.07. The van der Waals surface area contributed by atoms with Crippen LogP contribution in [0.2, 0.25) is 5.02 Å². The second-order valence-electron chi connectivity index (χ2n) is 9.10. The molecule has 0 saturated carbocycles. The van der Waals surface area contributed by atoms with Crippen LogP contribution in [0, 0.1) is 6.92 Å². The summed E-state index contributed by atoms with van der Waals surface area (Å²) in [4.78, 5) is 15.0. The van der Waals surface area contributed by atoms with Gasteiger partial charge in [-0.1, -0.05) is 44.5 Å². The molecule has 0 saturated heterocycles. The lowest BCUT2D eigenvalue weighted by atomic mass is 10.1. The van der Waals surface area contributed by atoms with Crippen molar-refractivity contribution in [2.24, 2.45) is 0 Å². The van der Waals surface area contributed by atoms with Crippen molar-refractivity contribution in [3.05, 3.63) is 81.7 Å². The summed E-state index contributed by atoms with van der Waals surface area (Å²) >= 11 is 6.38. The van der Waals surface area contributed by atoms with Gasteiger partial charge in [0.25, 0.3) is 5.91 Å². The van der Waals surface area contributed by atoms with Crippen molar-refractivity contribution in [2.75, 3.05) is 18.9 Å². The number of benzene rings is 2. The lowest BCUT2D eigenvalue weighted by Gasteiger charge is -2.13. The van der Waals surface area contributed by atoms with Gasteiger partial charge in [0.2, 0.25) is 0 Å². The molecule has 1 N–H and O–H groups in total. The molecule has 6 nitrogen and oxygen atoms in total. The van der Waals surface area contributed by atoms with Gasteiger partial charge in [-0.3, -0.25) is 9.48 Å². The number of rotatable bonds is 8. The Morgan fingerprint density at radius 3 is 2.54 bits per heavy atom. The van der Waals surface area contributed by atoms with Gasteiger partial charge in [-0.25, -0.2) is 0 Å². The first kappa shape index (κ1) is 26.8. The molecule has 35 heavy (non-hydrogen) atoms. The molecule has 0 spiro atoms. The second kappa shape index (κ2) is 11.3. The molecule has 186 valence electrons. The zero-order chi connectivity index (χ0) is 24.4. The third-order valence-electron chi connectivity index (χ3n) is 6.00. The molecule has 0 fully saturated rings. The minimum atomic E-state index is -0.183. The SMILES string of the molecule is CCN(C)Cc1ccc(C(=O)Nc2cc(C)n(Cc3cc(Cl)cc4cc(C(C)C)oc34)n2)cc1.Cl. The fourth-order valence-electron chi connectivity index (χ4n) is 3.87. The standard InChI is InChI=1S/C27H31ClN4O2.ClH/c1-6-31(5)15-19-7-9-20(10-8-19)27(33)29-25-11-18(4)32(30-25)16-22-13-23(28)12-21-14-24(17(2)3)34-26(21)22;/h7-14,17H,6,15-16H2,1-5H3,(H,29,30,33);1H. The number of furan rings is 1. The van der Waals surface area contributed by atoms with Crippen molar-refractivity contribution < 1.29 is 9.21 Å². The van der Waals surface area contributed by atoms with E-state index in [1.165, 1.54) is 5.56 Å². The van der Waals surface area contributed by atoms with Crippen LogP contribution >= 0.6 is 24.0 Å². The molecule has 0 bridgehead atoms. The largest absolute Gasteiger partial charge is 0.460 e. The van der Waals surface area contributed by atoms with Crippen LogP contribution in [0.15, 0.2) is 52.9 Å². The maximum atomic E-state index is 12.8. The van der Waals surface area contributed by atoms with E-state index in [9.17, 15) is 4.79 Å². The lowest BCUT2D eigenvalue weighted by Crippen LogP contribution is -2.17. The average molecular weight is 515 g/mol. The third kappa shape index (κ3) is 6.26. The number of halogens is 2. The molecule has 0 aliphatic heterocycles. The minimum Gasteiger partial charge on any atom is -0.460 e. The van der Waals surface area contributed by atoms with Crippen LogP contribution in [0.5, 0.6) is 0 Å². The smallest absolute Gasteiger partial charge is 0.256 e. The normalized spacial score (nSPS) is 11.3. The topological polar surface area (TPSA) is 63.3 Å². The molecule has 0 unspecified atom stereocenters. The number of carbonyl (C=O) groups is 1. The summed E-state index contributed by atoms with van der Waals surface area (Å²) in [5.41, 5.74) is 4.47. The minimum absolute atomic E-state index is 0. The summed E-state index contributed by atoms with van der Waals surface area (Å²) in [6.45, 7) is 10.6. The van der Waals surface area contributed by atoms with Crippen molar-refractivity contribution in [2.45, 2.75) is 46.7 Å². The fraction of sp³-hybridized carbons (Fsp3) is 0.333. The maximum Gasteiger partial charge on any atom is 0.256 e. The molecular formula is C27H32Cl2N4O2. The first-order chi connectivity index (χ1) is 16.2. The Hall–Kier alpha value is -2.80. The molecule has 4 rings (SSSR count). The van der Waals surface area contributed by atoms with Crippen molar-refractivity contribution in [1.29, 1.82) is 0 Å². The van der Waals surface area contributed by atoms with Crippen LogP contribution in [-0.4, -0.2) is 34.2 Å². The highest BCUT2D eigenvalue weighted by atomic mass is 35.5. The highest BCUT2D eigenvalue weighted by molar-refractivity contribution is 6.31. The van der Waals surface area contributed by atoms with Crippen LogP contribution in [0.1, 0.15) is 59.6 Å². The van der Waals surface area contributed by atoms with Gasteiger partial charge in [0.1, 0.15) is 11.3 Å². The Balaban J connectivity index is 0.00000342. The predicted octanol–water partition coefficient (Wildman–Crippen LogP) is 6.89. The van der Waals surface area contributed by atoms with Crippen molar-refractivity contribution in [1.82, 2.24) is 14.7 Å². The number of amides is 1. The zero-order valence-corrected chi connectivity index (χ0v) is 22.3. The number of carbonyl (C=O) groups excluding carboxylic acids is 1.